The first kappa shape index (κ1) is 6.21. The van der Waals surface area contributed by atoms with E-state index in [9.17, 15) is 0 Å². The molecule has 0 aromatic heterocycles. The first-order chi connectivity index (χ1) is 3.79. The van der Waals surface area contributed by atoms with Crippen LogP contribution in [0.25, 0.3) is 0 Å². The van der Waals surface area contributed by atoms with Gasteiger partial charge in [0.15, 0.2) is 7.98 Å². The van der Waals surface area contributed by atoms with E-state index in [1.54, 1.807) is 0 Å². The topological polar surface area (TPSA) is 3.24 Å². The van der Waals surface area contributed by atoms with Gasteiger partial charge >= 0.3 is 0 Å². The van der Waals surface area contributed by atoms with Crippen molar-refractivity contribution in [1.29, 1.82) is 0 Å². The Kier molecular flexibility index (Phi) is 2.01. The zero-order chi connectivity index (χ0) is 5.98. The lowest BCUT2D eigenvalue weighted by atomic mass is 9.79. The van der Waals surface area contributed by atoms with Gasteiger partial charge in [0, 0.05) is 0 Å². The maximum Gasteiger partial charge on any atom is 0.182 e. The molecule has 1 fully saturated rings. The van der Waals surface area contributed by atoms with E-state index < -0.39 is 0 Å². The maximum absolute atomic E-state index is 5.61. The number of piperidine rings is 1. The highest BCUT2D eigenvalue weighted by Crippen LogP contribution is 2.16. The lowest BCUT2D eigenvalue weighted by Crippen LogP contribution is -2.29. The van der Waals surface area contributed by atoms with Crippen LogP contribution in [0.15, 0.2) is 0 Å². The highest BCUT2D eigenvalue weighted by Gasteiger charge is 2.10. The van der Waals surface area contributed by atoms with Gasteiger partial charge in [-0.25, -0.2) is 0 Å². The average molecular weight is 105 g/mol. The minimum atomic E-state index is 0.398. The number of rotatable bonds is 0. The summed E-state index contributed by atoms with van der Waals surface area (Å²) in [6.45, 7) is 1.92. The van der Waals surface area contributed by atoms with E-state index >= 15 is 0 Å². The van der Waals surface area contributed by atoms with Gasteiger partial charge < -0.3 is 4.81 Å². The SMILES string of the molecule is [B]C1CCN([B])CC1. The molecule has 0 aromatic carbocycles. The summed E-state index contributed by atoms with van der Waals surface area (Å²) in [7, 11) is 11.1. The van der Waals surface area contributed by atoms with E-state index in [0.717, 1.165) is 25.9 Å². The van der Waals surface area contributed by atoms with Crippen molar-refractivity contribution < 1.29 is 0 Å². The van der Waals surface area contributed by atoms with Crippen LogP contribution < -0.4 is 0 Å². The molecule has 0 aliphatic carbocycles. The summed E-state index contributed by atoms with van der Waals surface area (Å²) in [4.78, 5) is 1.82. The van der Waals surface area contributed by atoms with Gasteiger partial charge in [-0.15, -0.1) is 0 Å². The fourth-order valence-electron chi connectivity index (χ4n) is 0.919. The summed E-state index contributed by atoms with van der Waals surface area (Å²) < 4.78 is 0. The third kappa shape index (κ3) is 1.55. The fraction of sp³-hybridized carbons (Fsp3) is 1.00. The van der Waals surface area contributed by atoms with Crippen molar-refractivity contribution >= 4 is 15.8 Å². The molecule has 1 aliphatic heterocycles. The van der Waals surface area contributed by atoms with Crippen LogP contribution in [0.3, 0.4) is 0 Å². The van der Waals surface area contributed by atoms with Gasteiger partial charge in [0.05, 0.1) is 7.85 Å². The fourth-order valence-corrected chi connectivity index (χ4v) is 0.919. The Morgan fingerprint density at radius 1 is 1.25 bits per heavy atom. The Hall–Kier alpha value is 0.0899. The zero-order valence-corrected chi connectivity index (χ0v) is 5.01. The summed E-state index contributed by atoms with van der Waals surface area (Å²) in [5.74, 6) is 0.398. The third-order valence-electron chi connectivity index (χ3n) is 1.57. The Morgan fingerprint density at radius 3 is 2.12 bits per heavy atom. The molecule has 0 N–H and O–H groups in total. The standard InChI is InChI=1S/C5H9B2N/c6-5-1-3-8(7)4-2-5/h5H,1-4H2. The Morgan fingerprint density at radius 2 is 1.75 bits per heavy atom. The molecule has 0 spiro atoms. The minimum Gasteiger partial charge on any atom is -0.353 e. The van der Waals surface area contributed by atoms with Crippen LogP contribution in [0.1, 0.15) is 12.8 Å². The molecule has 0 amide bonds. The Labute approximate surface area is 53.3 Å². The molecule has 4 radical (unpaired) electrons. The van der Waals surface area contributed by atoms with E-state index in [4.69, 9.17) is 15.8 Å². The normalized spacial score (nSPS) is 26.0. The van der Waals surface area contributed by atoms with Crippen LogP contribution in [0.5, 0.6) is 0 Å². The largest absolute Gasteiger partial charge is 0.353 e. The van der Waals surface area contributed by atoms with Gasteiger partial charge in [-0.2, -0.15) is 0 Å². The first-order valence-electron chi connectivity index (χ1n) is 3.04. The second-order valence-corrected chi connectivity index (χ2v) is 2.37. The molecule has 40 valence electrons. The number of hydrogen-bond donors (Lipinski definition) is 0. The van der Waals surface area contributed by atoms with Crippen LogP contribution in [-0.2, 0) is 0 Å². The molecule has 1 nitrogen and oxygen atoms in total. The second-order valence-electron chi connectivity index (χ2n) is 2.37. The molecule has 8 heavy (non-hydrogen) atoms. The van der Waals surface area contributed by atoms with Gasteiger partial charge in [-0.1, -0.05) is 5.82 Å². The van der Waals surface area contributed by atoms with Crippen molar-refractivity contribution in [3.63, 3.8) is 0 Å². The molecule has 0 atom stereocenters. The lowest BCUT2D eigenvalue weighted by Gasteiger charge is -2.26. The number of hydrogen-bond acceptors (Lipinski definition) is 1. The van der Waals surface area contributed by atoms with E-state index in [0.29, 0.717) is 5.82 Å². The van der Waals surface area contributed by atoms with Crippen LogP contribution in [-0.4, -0.2) is 33.7 Å². The zero-order valence-electron chi connectivity index (χ0n) is 5.01. The van der Waals surface area contributed by atoms with E-state index in [-0.39, 0.29) is 0 Å². The predicted molar refractivity (Wildman–Crippen MR) is 36.1 cm³/mol. The molecule has 0 unspecified atom stereocenters. The summed E-state index contributed by atoms with van der Waals surface area (Å²) in [5.41, 5.74) is 0. The summed E-state index contributed by atoms with van der Waals surface area (Å²) in [6, 6.07) is 0. The Balaban J connectivity index is 2.19. The highest BCUT2D eigenvalue weighted by atomic mass is 15.0. The molecule has 0 saturated carbocycles. The van der Waals surface area contributed by atoms with Crippen molar-refractivity contribution in [3.05, 3.63) is 0 Å². The van der Waals surface area contributed by atoms with Crippen LogP contribution in [0, 0.1) is 0 Å². The first-order valence-corrected chi connectivity index (χ1v) is 3.04. The molecule has 1 heterocycles. The highest BCUT2D eigenvalue weighted by molar-refractivity contribution is 6.12. The molecule has 1 saturated heterocycles. The van der Waals surface area contributed by atoms with Crippen molar-refractivity contribution in [3.8, 4) is 0 Å². The quantitative estimate of drug-likeness (QED) is 0.395. The summed E-state index contributed by atoms with van der Waals surface area (Å²) in [6.07, 6.45) is 2.10. The van der Waals surface area contributed by atoms with Gasteiger partial charge in [0.25, 0.3) is 0 Å². The summed E-state index contributed by atoms with van der Waals surface area (Å²) in [5, 5.41) is 0. The van der Waals surface area contributed by atoms with Gasteiger partial charge in [0.1, 0.15) is 0 Å². The van der Waals surface area contributed by atoms with Crippen molar-refractivity contribution in [2.75, 3.05) is 13.1 Å². The molecular formula is C5H9B2N. The smallest absolute Gasteiger partial charge is 0.182 e. The summed E-state index contributed by atoms with van der Waals surface area (Å²) >= 11 is 0. The molecule has 0 bridgehead atoms. The van der Waals surface area contributed by atoms with Crippen molar-refractivity contribution in [2.45, 2.75) is 18.7 Å². The van der Waals surface area contributed by atoms with Crippen LogP contribution in [0.4, 0.5) is 0 Å². The van der Waals surface area contributed by atoms with Gasteiger partial charge in [-0.05, 0) is 25.9 Å². The van der Waals surface area contributed by atoms with E-state index in [2.05, 4.69) is 0 Å². The maximum atomic E-state index is 5.61. The molecule has 1 aliphatic rings. The third-order valence-corrected chi connectivity index (χ3v) is 1.57. The van der Waals surface area contributed by atoms with Crippen molar-refractivity contribution in [1.82, 2.24) is 4.81 Å². The van der Waals surface area contributed by atoms with Gasteiger partial charge in [0.2, 0.25) is 0 Å². The van der Waals surface area contributed by atoms with Crippen molar-refractivity contribution in [2.24, 2.45) is 0 Å². The van der Waals surface area contributed by atoms with Crippen LogP contribution >= 0.6 is 0 Å². The van der Waals surface area contributed by atoms with E-state index in [1.807, 2.05) is 4.81 Å². The molecule has 0 aromatic rings. The minimum absolute atomic E-state index is 0.398. The lowest BCUT2D eigenvalue weighted by molar-refractivity contribution is 0.368. The molecule has 3 heteroatoms. The predicted octanol–water partition coefficient (Wildman–Crippen LogP) is 0.123. The van der Waals surface area contributed by atoms with Gasteiger partial charge in [-0.3, -0.25) is 0 Å². The Bertz CT molecular complexity index is 58.8. The monoisotopic (exact) mass is 105 g/mol. The second kappa shape index (κ2) is 2.58. The molecular weight excluding hydrogens is 95.7 g/mol. The average Bonchev–Trinajstić information content (AvgIpc) is 1.77. The molecule has 1 rings (SSSR count). The van der Waals surface area contributed by atoms with Crippen LogP contribution in [0.2, 0.25) is 5.82 Å². The number of nitrogens with zero attached hydrogens (tertiary/aromatic N) is 1. The van der Waals surface area contributed by atoms with E-state index in [1.165, 1.54) is 0 Å².